The smallest absolute Gasteiger partial charge is 0.255 e. The molecule has 138 valence electrons. The summed E-state index contributed by atoms with van der Waals surface area (Å²) < 4.78 is 32.6. The van der Waals surface area contributed by atoms with Crippen molar-refractivity contribution in [2.75, 3.05) is 24.2 Å². The number of carbonyl (C=O) groups is 1. The molecule has 1 aliphatic rings. The Bertz CT molecular complexity index is 876. The SMILES string of the molecule is Nc1ccccc1NC(=O)c1ccc(S(=O)(=O)NCC2CCCO2)cc1. The van der Waals surface area contributed by atoms with Gasteiger partial charge in [-0.3, -0.25) is 4.79 Å². The van der Waals surface area contributed by atoms with Crippen LogP contribution in [-0.2, 0) is 14.8 Å². The van der Waals surface area contributed by atoms with E-state index in [2.05, 4.69) is 10.0 Å². The van der Waals surface area contributed by atoms with Crippen LogP contribution in [0.3, 0.4) is 0 Å². The molecule has 7 nitrogen and oxygen atoms in total. The highest BCUT2D eigenvalue weighted by molar-refractivity contribution is 7.89. The molecule has 0 bridgehead atoms. The average molecular weight is 375 g/mol. The van der Waals surface area contributed by atoms with Crippen LogP contribution in [0.25, 0.3) is 0 Å². The van der Waals surface area contributed by atoms with Crippen LogP contribution in [-0.4, -0.2) is 33.6 Å². The molecular weight excluding hydrogens is 354 g/mol. The summed E-state index contributed by atoms with van der Waals surface area (Å²) in [5.41, 5.74) is 7.10. The molecule has 0 spiro atoms. The zero-order valence-corrected chi connectivity index (χ0v) is 15.0. The number of benzene rings is 2. The third kappa shape index (κ3) is 4.40. The summed E-state index contributed by atoms with van der Waals surface area (Å²) in [6.07, 6.45) is 1.72. The zero-order valence-electron chi connectivity index (χ0n) is 14.1. The number of hydrogen-bond acceptors (Lipinski definition) is 5. The van der Waals surface area contributed by atoms with Gasteiger partial charge in [0.05, 0.1) is 22.4 Å². The fourth-order valence-corrected chi connectivity index (χ4v) is 3.75. The number of amides is 1. The standard InChI is InChI=1S/C18H21N3O4S/c19-16-5-1-2-6-17(16)21-18(22)13-7-9-15(10-8-13)26(23,24)20-12-14-4-3-11-25-14/h1-2,5-10,14,20H,3-4,11-12,19H2,(H,21,22). The molecule has 0 radical (unpaired) electrons. The van der Waals surface area contributed by atoms with Crippen LogP contribution in [0.4, 0.5) is 11.4 Å². The zero-order chi connectivity index (χ0) is 18.6. The van der Waals surface area contributed by atoms with Gasteiger partial charge < -0.3 is 15.8 Å². The van der Waals surface area contributed by atoms with Gasteiger partial charge in [-0.2, -0.15) is 0 Å². The fraction of sp³-hybridized carbons (Fsp3) is 0.278. The van der Waals surface area contributed by atoms with Crippen molar-refractivity contribution in [1.82, 2.24) is 4.72 Å². The molecule has 1 saturated heterocycles. The Morgan fingerprint density at radius 3 is 2.54 bits per heavy atom. The maximum Gasteiger partial charge on any atom is 0.255 e. The van der Waals surface area contributed by atoms with Crippen molar-refractivity contribution in [1.29, 1.82) is 0 Å². The first-order chi connectivity index (χ1) is 12.5. The number of anilines is 2. The number of sulfonamides is 1. The lowest BCUT2D eigenvalue weighted by atomic mass is 10.2. The molecule has 2 aromatic carbocycles. The van der Waals surface area contributed by atoms with E-state index >= 15 is 0 Å². The van der Waals surface area contributed by atoms with Gasteiger partial charge in [-0.25, -0.2) is 13.1 Å². The molecule has 0 aromatic heterocycles. The maximum absolute atomic E-state index is 12.3. The second kappa shape index (κ2) is 7.86. The Morgan fingerprint density at radius 1 is 1.15 bits per heavy atom. The van der Waals surface area contributed by atoms with E-state index in [0.29, 0.717) is 23.5 Å². The normalized spacial score (nSPS) is 17.2. The summed E-state index contributed by atoms with van der Waals surface area (Å²) in [4.78, 5) is 12.4. The molecule has 1 unspecified atom stereocenters. The molecule has 4 N–H and O–H groups in total. The summed E-state index contributed by atoms with van der Waals surface area (Å²) in [5.74, 6) is -0.362. The first kappa shape index (κ1) is 18.4. The first-order valence-corrected chi connectivity index (χ1v) is 9.81. The lowest BCUT2D eigenvalue weighted by Gasteiger charge is -2.12. The third-order valence-electron chi connectivity index (χ3n) is 4.16. The van der Waals surface area contributed by atoms with Gasteiger partial charge in [0.1, 0.15) is 0 Å². The molecule has 0 saturated carbocycles. The molecule has 2 aromatic rings. The molecular formula is C18H21N3O4S. The third-order valence-corrected chi connectivity index (χ3v) is 5.60. The van der Waals surface area contributed by atoms with E-state index in [0.717, 1.165) is 12.8 Å². The van der Waals surface area contributed by atoms with Crippen molar-refractivity contribution in [3.8, 4) is 0 Å². The van der Waals surface area contributed by atoms with Gasteiger partial charge in [-0.15, -0.1) is 0 Å². The molecule has 1 heterocycles. The van der Waals surface area contributed by atoms with Crippen molar-refractivity contribution in [2.45, 2.75) is 23.8 Å². The molecule has 1 atom stereocenters. The molecule has 3 rings (SSSR count). The minimum Gasteiger partial charge on any atom is -0.397 e. The number of nitrogen functional groups attached to an aromatic ring is 1. The van der Waals surface area contributed by atoms with Crippen LogP contribution < -0.4 is 15.8 Å². The van der Waals surface area contributed by atoms with E-state index in [1.807, 2.05) is 0 Å². The second-order valence-electron chi connectivity index (χ2n) is 6.05. The van der Waals surface area contributed by atoms with Crippen molar-refractivity contribution in [3.05, 3.63) is 54.1 Å². The van der Waals surface area contributed by atoms with Crippen molar-refractivity contribution in [2.24, 2.45) is 0 Å². The van der Waals surface area contributed by atoms with Crippen LogP contribution in [0.1, 0.15) is 23.2 Å². The van der Waals surface area contributed by atoms with E-state index in [-0.39, 0.29) is 23.5 Å². The first-order valence-electron chi connectivity index (χ1n) is 8.33. The van der Waals surface area contributed by atoms with Crippen molar-refractivity contribution < 1.29 is 17.9 Å². The average Bonchev–Trinajstić information content (AvgIpc) is 3.16. The molecule has 1 fully saturated rings. The van der Waals surface area contributed by atoms with Crippen LogP contribution in [0.5, 0.6) is 0 Å². The number of hydrogen-bond donors (Lipinski definition) is 3. The predicted octanol–water partition coefficient (Wildman–Crippen LogP) is 1.98. The number of nitrogens with two attached hydrogens (primary N) is 1. The topological polar surface area (TPSA) is 111 Å². The van der Waals surface area contributed by atoms with Crippen LogP contribution >= 0.6 is 0 Å². The van der Waals surface area contributed by atoms with Gasteiger partial charge in [0.25, 0.3) is 5.91 Å². The summed E-state index contributed by atoms with van der Waals surface area (Å²) in [5, 5.41) is 2.70. The molecule has 0 aliphatic carbocycles. The highest BCUT2D eigenvalue weighted by Crippen LogP contribution is 2.19. The highest BCUT2D eigenvalue weighted by atomic mass is 32.2. The van der Waals surface area contributed by atoms with E-state index in [1.54, 1.807) is 24.3 Å². The summed E-state index contributed by atoms with van der Waals surface area (Å²) in [7, 11) is -3.64. The Hall–Kier alpha value is -2.42. The van der Waals surface area contributed by atoms with Crippen molar-refractivity contribution in [3.63, 3.8) is 0 Å². The summed E-state index contributed by atoms with van der Waals surface area (Å²) >= 11 is 0. The number of carbonyl (C=O) groups excluding carboxylic acids is 1. The van der Waals surface area contributed by atoms with E-state index < -0.39 is 10.0 Å². The quantitative estimate of drug-likeness (QED) is 0.669. The Balaban J connectivity index is 1.65. The van der Waals surface area contributed by atoms with Crippen molar-refractivity contribution >= 4 is 27.3 Å². The lowest BCUT2D eigenvalue weighted by molar-refractivity contribution is 0.102. The van der Waals surface area contributed by atoms with Gasteiger partial charge in [0.15, 0.2) is 0 Å². The number of nitrogens with one attached hydrogen (secondary N) is 2. The van der Waals surface area contributed by atoms with Crippen LogP contribution in [0.15, 0.2) is 53.4 Å². The fourth-order valence-electron chi connectivity index (χ4n) is 2.68. The largest absolute Gasteiger partial charge is 0.397 e. The van der Waals surface area contributed by atoms with E-state index in [1.165, 1.54) is 24.3 Å². The molecule has 26 heavy (non-hydrogen) atoms. The van der Waals surface area contributed by atoms with Crippen LogP contribution in [0.2, 0.25) is 0 Å². The minimum atomic E-state index is -3.64. The number of para-hydroxylation sites is 2. The van der Waals surface area contributed by atoms with Gasteiger partial charge in [0.2, 0.25) is 10.0 Å². The van der Waals surface area contributed by atoms with Gasteiger partial charge in [-0.1, -0.05) is 12.1 Å². The lowest BCUT2D eigenvalue weighted by Crippen LogP contribution is -2.31. The Morgan fingerprint density at radius 2 is 1.88 bits per heavy atom. The van der Waals surface area contributed by atoms with Crippen LogP contribution in [0, 0.1) is 0 Å². The predicted molar refractivity (Wildman–Crippen MR) is 99.4 cm³/mol. The summed E-state index contributed by atoms with van der Waals surface area (Å²) in [6, 6.07) is 12.7. The number of ether oxygens (including phenoxy) is 1. The number of rotatable bonds is 6. The second-order valence-corrected chi connectivity index (χ2v) is 7.82. The molecule has 8 heteroatoms. The molecule has 1 aliphatic heterocycles. The molecule has 1 amide bonds. The van der Waals surface area contributed by atoms with Gasteiger partial charge in [0, 0.05) is 18.7 Å². The Kier molecular flexibility index (Phi) is 5.55. The van der Waals surface area contributed by atoms with E-state index in [9.17, 15) is 13.2 Å². The minimum absolute atomic E-state index is 0.0776. The van der Waals surface area contributed by atoms with Gasteiger partial charge in [-0.05, 0) is 49.2 Å². The highest BCUT2D eigenvalue weighted by Gasteiger charge is 2.20. The maximum atomic E-state index is 12.3. The Labute approximate surface area is 152 Å². The van der Waals surface area contributed by atoms with Gasteiger partial charge >= 0.3 is 0 Å². The summed E-state index contributed by atoms with van der Waals surface area (Å²) in [6.45, 7) is 0.917. The van der Waals surface area contributed by atoms with E-state index in [4.69, 9.17) is 10.5 Å². The monoisotopic (exact) mass is 375 g/mol.